The summed E-state index contributed by atoms with van der Waals surface area (Å²) in [5.41, 5.74) is 2.19. The number of hydrogen-bond acceptors (Lipinski definition) is 3. The fraction of sp³-hybridized carbons (Fsp3) is 0.533. The van der Waals surface area contributed by atoms with Gasteiger partial charge in [-0.2, -0.15) is 0 Å². The summed E-state index contributed by atoms with van der Waals surface area (Å²) in [5, 5.41) is 4.14. The van der Waals surface area contributed by atoms with Gasteiger partial charge in [0.1, 0.15) is 0 Å². The van der Waals surface area contributed by atoms with E-state index in [1.165, 1.54) is 18.4 Å². The summed E-state index contributed by atoms with van der Waals surface area (Å²) in [5.74, 6) is 1.09. The summed E-state index contributed by atoms with van der Waals surface area (Å²) in [7, 11) is 0. The first kappa shape index (κ1) is 13.7. The first-order valence-electron chi connectivity index (χ1n) is 7.41. The molecule has 0 unspecified atom stereocenters. The lowest BCUT2D eigenvalue weighted by Crippen LogP contribution is -2.44. The molecule has 2 heterocycles. The molecular weight excluding hydrogens is 272 g/mol. The van der Waals surface area contributed by atoms with Crippen LogP contribution >= 0.6 is 11.6 Å². The van der Waals surface area contributed by atoms with Crippen molar-refractivity contribution in [3.05, 3.63) is 23.2 Å². The summed E-state index contributed by atoms with van der Waals surface area (Å²) in [6.45, 7) is 7.33. The molecule has 20 heavy (non-hydrogen) atoms. The second-order valence-corrected chi connectivity index (χ2v) is 5.72. The molecule has 5 heteroatoms. The molecule has 1 aromatic heterocycles. The summed E-state index contributed by atoms with van der Waals surface area (Å²) < 4.78 is 2.35. The number of piperazine rings is 1. The average Bonchev–Trinajstić information content (AvgIpc) is 2.83. The van der Waals surface area contributed by atoms with Gasteiger partial charge in [0.2, 0.25) is 5.95 Å². The summed E-state index contributed by atoms with van der Waals surface area (Å²) in [6.07, 6.45) is 2.36. The van der Waals surface area contributed by atoms with Gasteiger partial charge in [0, 0.05) is 37.7 Å². The number of rotatable bonds is 4. The van der Waals surface area contributed by atoms with E-state index in [1.54, 1.807) is 0 Å². The van der Waals surface area contributed by atoms with E-state index >= 15 is 0 Å². The fourth-order valence-corrected chi connectivity index (χ4v) is 2.90. The van der Waals surface area contributed by atoms with E-state index in [1.807, 2.05) is 12.1 Å². The highest BCUT2D eigenvalue weighted by atomic mass is 35.5. The van der Waals surface area contributed by atoms with Gasteiger partial charge in [0.15, 0.2) is 0 Å². The van der Waals surface area contributed by atoms with E-state index < -0.39 is 0 Å². The molecule has 0 saturated carbocycles. The van der Waals surface area contributed by atoms with Crippen molar-refractivity contribution < 1.29 is 0 Å². The molecule has 3 rings (SSSR count). The molecule has 1 aromatic carbocycles. The monoisotopic (exact) mass is 292 g/mol. The molecule has 0 spiro atoms. The molecule has 1 aliphatic heterocycles. The molecule has 0 amide bonds. The number of aromatic nitrogens is 2. The fourth-order valence-electron chi connectivity index (χ4n) is 2.73. The Labute approximate surface area is 124 Å². The van der Waals surface area contributed by atoms with E-state index in [0.717, 1.165) is 49.2 Å². The van der Waals surface area contributed by atoms with Crippen molar-refractivity contribution in [3.63, 3.8) is 0 Å². The van der Waals surface area contributed by atoms with Gasteiger partial charge in [0.05, 0.1) is 11.0 Å². The van der Waals surface area contributed by atoms with Crippen LogP contribution in [0.15, 0.2) is 18.2 Å². The summed E-state index contributed by atoms with van der Waals surface area (Å²) >= 11 is 6.10. The number of hydrogen-bond donors (Lipinski definition) is 1. The van der Waals surface area contributed by atoms with E-state index in [4.69, 9.17) is 16.6 Å². The van der Waals surface area contributed by atoms with Gasteiger partial charge >= 0.3 is 0 Å². The standard InChI is InChI=1S/C15H21ClN4/c1-2-3-8-20-14-5-4-12(16)11-13(14)18-15(20)19-9-6-17-7-10-19/h4-5,11,17H,2-3,6-10H2,1H3. The lowest BCUT2D eigenvalue weighted by molar-refractivity contribution is 0.559. The van der Waals surface area contributed by atoms with Gasteiger partial charge in [0.25, 0.3) is 0 Å². The van der Waals surface area contributed by atoms with E-state index in [0.29, 0.717) is 0 Å². The van der Waals surface area contributed by atoms with E-state index in [2.05, 4.69) is 27.8 Å². The van der Waals surface area contributed by atoms with Crippen molar-refractivity contribution >= 4 is 28.6 Å². The van der Waals surface area contributed by atoms with Crippen LogP contribution in [0.25, 0.3) is 11.0 Å². The van der Waals surface area contributed by atoms with Gasteiger partial charge in [-0.15, -0.1) is 0 Å². The van der Waals surface area contributed by atoms with Crippen molar-refractivity contribution in [3.8, 4) is 0 Å². The van der Waals surface area contributed by atoms with Crippen molar-refractivity contribution in [1.29, 1.82) is 0 Å². The Hall–Kier alpha value is -1.26. The van der Waals surface area contributed by atoms with Crippen LogP contribution in [-0.2, 0) is 6.54 Å². The minimum Gasteiger partial charge on any atom is -0.340 e. The molecule has 2 aromatic rings. The van der Waals surface area contributed by atoms with Crippen molar-refractivity contribution in [2.24, 2.45) is 0 Å². The van der Waals surface area contributed by atoms with Crippen molar-refractivity contribution in [1.82, 2.24) is 14.9 Å². The number of halogens is 1. The Bertz CT molecular complexity index is 587. The van der Waals surface area contributed by atoms with Gasteiger partial charge in [-0.1, -0.05) is 24.9 Å². The van der Waals surface area contributed by atoms with Crippen LogP contribution in [0.3, 0.4) is 0 Å². The maximum atomic E-state index is 6.10. The third kappa shape index (κ3) is 2.63. The minimum absolute atomic E-state index is 0.754. The number of aryl methyl sites for hydroxylation is 1. The number of nitrogens with one attached hydrogen (secondary N) is 1. The van der Waals surface area contributed by atoms with Crippen LogP contribution in [0.4, 0.5) is 5.95 Å². The molecule has 1 aliphatic rings. The van der Waals surface area contributed by atoms with Crippen LogP contribution in [0.1, 0.15) is 19.8 Å². The van der Waals surface area contributed by atoms with Crippen molar-refractivity contribution in [2.45, 2.75) is 26.3 Å². The average molecular weight is 293 g/mol. The highest BCUT2D eigenvalue weighted by molar-refractivity contribution is 6.31. The van der Waals surface area contributed by atoms with Gasteiger partial charge < -0.3 is 14.8 Å². The van der Waals surface area contributed by atoms with Crippen LogP contribution in [0.5, 0.6) is 0 Å². The lowest BCUT2D eigenvalue weighted by Gasteiger charge is -2.28. The Balaban J connectivity index is 2.03. The Morgan fingerprint density at radius 2 is 2.10 bits per heavy atom. The lowest BCUT2D eigenvalue weighted by atomic mass is 10.3. The number of anilines is 1. The molecule has 0 bridgehead atoms. The number of imidazole rings is 1. The SMILES string of the molecule is CCCCn1c(N2CCNCC2)nc2cc(Cl)ccc21. The van der Waals surface area contributed by atoms with Gasteiger partial charge in [-0.25, -0.2) is 4.98 Å². The third-order valence-electron chi connectivity index (χ3n) is 3.83. The normalized spacial score (nSPS) is 16.0. The predicted octanol–water partition coefficient (Wildman–Crippen LogP) is 2.90. The second-order valence-electron chi connectivity index (χ2n) is 5.29. The molecular formula is C15H21ClN4. The zero-order valence-electron chi connectivity index (χ0n) is 11.9. The highest BCUT2D eigenvalue weighted by Gasteiger charge is 2.18. The van der Waals surface area contributed by atoms with Crippen LogP contribution in [-0.4, -0.2) is 35.7 Å². The topological polar surface area (TPSA) is 33.1 Å². The molecule has 1 fully saturated rings. The van der Waals surface area contributed by atoms with Crippen molar-refractivity contribution in [2.75, 3.05) is 31.1 Å². The Kier molecular flexibility index (Phi) is 4.13. The maximum Gasteiger partial charge on any atom is 0.206 e. The third-order valence-corrected chi connectivity index (χ3v) is 4.06. The van der Waals surface area contributed by atoms with E-state index in [9.17, 15) is 0 Å². The van der Waals surface area contributed by atoms with E-state index in [-0.39, 0.29) is 0 Å². The Morgan fingerprint density at radius 1 is 1.30 bits per heavy atom. The van der Waals surface area contributed by atoms with Crippen LogP contribution < -0.4 is 10.2 Å². The minimum atomic E-state index is 0.754. The summed E-state index contributed by atoms with van der Waals surface area (Å²) in [6, 6.07) is 6.01. The number of fused-ring (bicyclic) bond motifs is 1. The predicted molar refractivity (Wildman–Crippen MR) is 84.7 cm³/mol. The molecule has 0 atom stereocenters. The number of unbranched alkanes of at least 4 members (excludes halogenated alkanes) is 1. The second kappa shape index (κ2) is 6.02. The maximum absolute atomic E-state index is 6.10. The molecule has 1 saturated heterocycles. The Morgan fingerprint density at radius 3 is 2.85 bits per heavy atom. The van der Waals surface area contributed by atoms with Crippen LogP contribution in [0, 0.1) is 0 Å². The summed E-state index contributed by atoms with van der Waals surface area (Å²) in [4.78, 5) is 7.20. The largest absolute Gasteiger partial charge is 0.340 e. The molecule has 1 N–H and O–H groups in total. The quantitative estimate of drug-likeness (QED) is 0.941. The molecule has 4 nitrogen and oxygen atoms in total. The first-order valence-corrected chi connectivity index (χ1v) is 7.79. The number of benzene rings is 1. The van der Waals surface area contributed by atoms with Gasteiger partial charge in [-0.3, -0.25) is 0 Å². The van der Waals surface area contributed by atoms with Gasteiger partial charge in [-0.05, 0) is 24.6 Å². The van der Waals surface area contributed by atoms with Crippen LogP contribution in [0.2, 0.25) is 5.02 Å². The first-order chi connectivity index (χ1) is 9.79. The smallest absolute Gasteiger partial charge is 0.206 e. The zero-order valence-corrected chi connectivity index (χ0v) is 12.7. The molecule has 0 aliphatic carbocycles. The zero-order chi connectivity index (χ0) is 13.9. The molecule has 108 valence electrons. The number of nitrogens with zero attached hydrogens (tertiary/aromatic N) is 3. The highest BCUT2D eigenvalue weighted by Crippen LogP contribution is 2.26. The molecule has 0 radical (unpaired) electrons.